The lowest BCUT2D eigenvalue weighted by Gasteiger charge is -2.37. The fourth-order valence-corrected chi connectivity index (χ4v) is 2.52. The van der Waals surface area contributed by atoms with Gasteiger partial charge in [-0.2, -0.15) is 0 Å². The monoisotopic (exact) mass is 246 g/mol. The van der Waals surface area contributed by atoms with E-state index in [1.165, 1.54) is 36.1 Å². The molecule has 1 aromatic carbocycles. The van der Waals surface area contributed by atoms with Gasteiger partial charge in [-0.05, 0) is 43.4 Å². The highest BCUT2D eigenvalue weighted by molar-refractivity contribution is 5.55. The molecule has 0 radical (unpaired) electrons. The summed E-state index contributed by atoms with van der Waals surface area (Å²) in [6.07, 6.45) is 4.10. The summed E-state index contributed by atoms with van der Waals surface area (Å²) in [6.45, 7) is 7.56. The third kappa shape index (κ3) is 3.05. The summed E-state index contributed by atoms with van der Waals surface area (Å²) in [5, 5.41) is 3.47. The largest absolute Gasteiger partial charge is 0.371 e. The third-order valence-corrected chi connectivity index (χ3v) is 3.98. The van der Waals surface area contributed by atoms with Crippen molar-refractivity contribution in [2.75, 3.05) is 11.9 Å². The Morgan fingerprint density at radius 3 is 2.56 bits per heavy atom. The van der Waals surface area contributed by atoms with E-state index in [1.807, 2.05) is 0 Å². The molecule has 0 saturated heterocycles. The minimum Gasteiger partial charge on any atom is -0.371 e. The zero-order valence-corrected chi connectivity index (χ0v) is 12.2. The van der Waals surface area contributed by atoms with E-state index in [4.69, 9.17) is 0 Å². The second-order valence-corrected chi connectivity index (χ2v) is 5.85. The maximum atomic E-state index is 3.47. The fraction of sp³-hybridized carbons (Fsp3) is 0.625. The van der Waals surface area contributed by atoms with E-state index in [2.05, 4.69) is 56.2 Å². The molecule has 0 atom stereocenters. The molecule has 1 aliphatic rings. The number of hydrogen-bond acceptors (Lipinski definition) is 2. The molecule has 1 aliphatic carbocycles. The van der Waals surface area contributed by atoms with Gasteiger partial charge < -0.3 is 10.2 Å². The summed E-state index contributed by atoms with van der Waals surface area (Å²) in [4.78, 5) is 2.46. The predicted molar refractivity (Wildman–Crippen MR) is 79.2 cm³/mol. The van der Waals surface area contributed by atoms with E-state index < -0.39 is 0 Å². The van der Waals surface area contributed by atoms with Gasteiger partial charge in [0, 0.05) is 31.4 Å². The van der Waals surface area contributed by atoms with Gasteiger partial charge in [0.15, 0.2) is 0 Å². The number of nitrogens with zero attached hydrogens (tertiary/aromatic N) is 1. The Kier molecular flexibility index (Phi) is 4.28. The Balaban J connectivity index is 2.04. The maximum absolute atomic E-state index is 3.47. The molecule has 0 bridgehead atoms. The number of anilines is 1. The molecule has 0 aliphatic heterocycles. The molecule has 1 aromatic rings. The van der Waals surface area contributed by atoms with Crippen LogP contribution in [-0.2, 0) is 6.54 Å². The Bertz CT molecular complexity index is 394. The highest BCUT2D eigenvalue weighted by Gasteiger charge is 2.22. The van der Waals surface area contributed by atoms with E-state index in [-0.39, 0.29) is 0 Å². The first-order valence-corrected chi connectivity index (χ1v) is 7.13. The second-order valence-electron chi connectivity index (χ2n) is 5.85. The quantitative estimate of drug-likeness (QED) is 0.855. The summed E-state index contributed by atoms with van der Waals surface area (Å²) < 4.78 is 0. The Hall–Kier alpha value is -1.02. The normalized spacial score (nSPS) is 15.8. The highest BCUT2D eigenvalue weighted by atomic mass is 15.1. The van der Waals surface area contributed by atoms with Crippen molar-refractivity contribution >= 4 is 5.69 Å². The SMILES string of the molecule is Cc1cc(CNC(C)C)ccc1N(C)C1CCC1. The molecule has 0 aromatic heterocycles. The first-order valence-electron chi connectivity index (χ1n) is 7.13. The number of nitrogens with one attached hydrogen (secondary N) is 1. The molecule has 0 spiro atoms. The van der Waals surface area contributed by atoms with E-state index in [0.717, 1.165) is 12.6 Å². The molecule has 1 N–H and O–H groups in total. The smallest absolute Gasteiger partial charge is 0.0396 e. The van der Waals surface area contributed by atoms with Crippen LogP contribution in [-0.4, -0.2) is 19.1 Å². The molecule has 1 fully saturated rings. The molecule has 2 rings (SSSR count). The molecule has 1 saturated carbocycles. The average molecular weight is 246 g/mol. The van der Waals surface area contributed by atoms with Crippen molar-refractivity contribution in [3.63, 3.8) is 0 Å². The zero-order valence-electron chi connectivity index (χ0n) is 12.2. The predicted octanol–water partition coefficient (Wildman–Crippen LogP) is 3.48. The van der Waals surface area contributed by atoms with Gasteiger partial charge in [0.25, 0.3) is 0 Å². The van der Waals surface area contributed by atoms with Crippen molar-refractivity contribution < 1.29 is 0 Å². The lowest BCUT2D eigenvalue weighted by molar-refractivity contribution is 0.401. The van der Waals surface area contributed by atoms with Crippen LogP contribution in [0.5, 0.6) is 0 Å². The van der Waals surface area contributed by atoms with Gasteiger partial charge in [0.05, 0.1) is 0 Å². The fourth-order valence-electron chi connectivity index (χ4n) is 2.52. The van der Waals surface area contributed by atoms with Crippen molar-refractivity contribution in [2.24, 2.45) is 0 Å². The van der Waals surface area contributed by atoms with E-state index in [0.29, 0.717) is 6.04 Å². The summed E-state index contributed by atoms with van der Waals surface area (Å²) in [6, 6.07) is 8.17. The summed E-state index contributed by atoms with van der Waals surface area (Å²) in [7, 11) is 2.23. The average Bonchev–Trinajstić information content (AvgIpc) is 2.23. The standard InChI is InChI=1S/C16H26N2/c1-12(2)17-11-14-8-9-16(13(3)10-14)18(4)15-6-5-7-15/h8-10,12,15,17H,5-7,11H2,1-4H3. The van der Waals surface area contributed by atoms with E-state index in [1.54, 1.807) is 0 Å². The summed E-state index contributed by atoms with van der Waals surface area (Å²) >= 11 is 0. The van der Waals surface area contributed by atoms with Crippen molar-refractivity contribution in [1.29, 1.82) is 0 Å². The van der Waals surface area contributed by atoms with Crippen LogP contribution in [0.1, 0.15) is 44.2 Å². The van der Waals surface area contributed by atoms with Crippen molar-refractivity contribution in [3.05, 3.63) is 29.3 Å². The van der Waals surface area contributed by atoms with Crippen molar-refractivity contribution in [3.8, 4) is 0 Å². The van der Waals surface area contributed by atoms with Crippen LogP contribution in [0.25, 0.3) is 0 Å². The summed E-state index contributed by atoms with van der Waals surface area (Å²) in [5.74, 6) is 0. The Morgan fingerprint density at radius 1 is 1.33 bits per heavy atom. The minimum atomic E-state index is 0.544. The Labute approximate surface area is 111 Å². The van der Waals surface area contributed by atoms with Gasteiger partial charge >= 0.3 is 0 Å². The van der Waals surface area contributed by atoms with Crippen molar-refractivity contribution in [2.45, 2.75) is 58.7 Å². The van der Waals surface area contributed by atoms with Crippen LogP contribution < -0.4 is 10.2 Å². The van der Waals surface area contributed by atoms with Gasteiger partial charge in [-0.25, -0.2) is 0 Å². The molecule has 0 unspecified atom stereocenters. The number of hydrogen-bond donors (Lipinski definition) is 1. The van der Waals surface area contributed by atoms with E-state index in [9.17, 15) is 0 Å². The van der Waals surface area contributed by atoms with Crippen LogP contribution in [0, 0.1) is 6.92 Å². The first-order chi connectivity index (χ1) is 8.58. The Morgan fingerprint density at radius 2 is 2.06 bits per heavy atom. The van der Waals surface area contributed by atoms with Gasteiger partial charge in [-0.15, -0.1) is 0 Å². The van der Waals surface area contributed by atoms with Crippen LogP contribution in [0.2, 0.25) is 0 Å². The minimum absolute atomic E-state index is 0.544. The molecule has 0 heterocycles. The van der Waals surface area contributed by atoms with Crippen LogP contribution in [0.4, 0.5) is 5.69 Å². The third-order valence-electron chi connectivity index (χ3n) is 3.98. The molecule has 0 amide bonds. The van der Waals surface area contributed by atoms with Gasteiger partial charge in [0.1, 0.15) is 0 Å². The molecular weight excluding hydrogens is 220 g/mol. The molecule has 18 heavy (non-hydrogen) atoms. The van der Waals surface area contributed by atoms with Crippen LogP contribution >= 0.6 is 0 Å². The van der Waals surface area contributed by atoms with Crippen LogP contribution in [0.3, 0.4) is 0 Å². The van der Waals surface area contributed by atoms with Crippen LogP contribution in [0.15, 0.2) is 18.2 Å². The van der Waals surface area contributed by atoms with Gasteiger partial charge in [-0.1, -0.05) is 26.0 Å². The lowest BCUT2D eigenvalue weighted by Crippen LogP contribution is -2.37. The topological polar surface area (TPSA) is 15.3 Å². The van der Waals surface area contributed by atoms with Crippen molar-refractivity contribution in [1.82, 2.24) is 5.32 Å². The lowest BCUT2D eigenvalue weighted by atomic mass is 9.91. The summed E-state index contributed by atoms with van der Waals surface area (Å²) in [5.41, 5.74) is 4.17. The maximum Gasteiger partial charge on any atom is 0.0396 e. The second kappa shape index (κ2) is 5.75. The number of rotatable bonds is 5. The van der Waals surface area contributed by atoms with Gasteiger partial charge in [0.2, 0.25) is 0 Å². The number of benzene rings is 1. The molecule has 2 nitrogen and oxygen atoms in total. The highest BCUT2D eigenvalue weighted by Crippen LogP contribution is 2.30. The number of aryl methyl sites for hydroxylation is 1. The first kappa shape index (κ1) is 13.4. The molecular formula is C16H26N2. The molecule has 100 valence electrons. The molecule has 2 heteroatoms. The van der Waals surface area contributed by atoms with E-state index >= 15 is 0 Å². The van der Waals surface area contributed by atoms with Gasteiger partial charge in [-0.3, -0.25) is 0 Å². The zero-order chi connectivity index (χ0) is 13.1.